The van der Waals surface area contributed by atoms with E-state index in [1.54, 1.807) is 13.1 Å². The van der Waals surface area contributed by atoms with Gasteiger partial charge in [0.2, 0.25) is 0 Å². The number of nitrogens with zero attached hydrogens (tertiary/aromatic N) is 4. The molecule has 8 heteroatoms. The molecule has 1 aliphatic heterocycles. The maximum absolute atomic E-state index is 13.3. The van der Waals surface area contributed by atoms with Crippen molar-refractivity contribution >= 4 is 28.6 Å². The molecule has 172 valence electrons. The fourth-order valence-corrected chi connectivity index (χ4v) is 4.38. The molecule has 2 aromatic heterocycles. The molecule has 0 spiro atoms. The summed E-state index contributed by atoms with van der Waals surface area (Å²) in [5.74, 6) is 0. The van der Waals surface area contributed by atoms with Crippen LogP contribution in [0.2, 0.25) is 0 Å². The SMILES string of the molecule is Cc1c(C#N)c2nc3ccccc3n2c(=O)c1=CNc1ccc([C@@H](O)CN2CCOCC2)cc1. The summed E-state index contributed by atoms with van der Waals surface area (Å²) in [5, 5.41) is 23.9. The van der Waals surface area contributed by atoms with E-state index in [9.17, 15) is 15.2 Å². The van der Waals surface area contributed by atoms with Gasteiger partial charge in [-0.05, 0) is 42.3 Å². The van der Waals surface area contributed by atoms with Gasteiger partial charge in [-0.15, -0.1) is 0 Å². The van der Waals surface area contributed by atoms with Gasteiger partial charge in [0.15, 0.2) is 5.65 Å². The van der Waals surface area contributed by atoms with Crippen LogP contribution in [0.3, 0.4) is 0 Å². The van der Waals surface area contributed by atoms with Crippen LogP contribution in [0, 0.1) is 18.3 Å². The van der Waals surface area contributed by atoms with Gasteiger partial charge in [0, 0.05) is 31.5 Å². The van der Waals surface area contributed by atoms with Gasteiger partial charge in [0.1, 0.15) is 6.07 Å². The highest BCUT2D eigenvalue weighted by Crippen LogP contribution is 2.19. The summed E-state index contributed by atoms with van der Waals surface area (Å²) in [6.45, 7) is 5.36. The van der Waals surface area contributed by atoms with Crippen molar-refractivity contribution in [3.8, 4) is 6.07 Å². The molecule has 0 bridgehead atoms. The number of hydrogen-bond acceptors (Lipinski definition) is 7. The second-order valence-corrected chi connectivity index (χ2v) is 8.43. The summed E-state index contributed by atoms with van der Waals surface area (Å²) in [6, 6.07) is 17.0. The van der Waals surface area contributed by atoms with Gasteiger partial charge < -0.3 is 15.2 Å². The van der Waals surface area contributed by atoms with Crippen molar-refractivity contribution in [1.29, 1.82) is 5.26 Å². The summed E-state index contributed by atoms with van der Waals surface area (Å²) < 4.78 is 6.86. The maximum atomic E-state index is 13.3. The van der Waals surface area contributed by atoms with Crippen LogP contribution in [-0.4, -0.2) is 52.2 Å². The zero-order valence-corrected chi connectivity index (χ0v) is 18.9. The lowest BCUT2D eigenvalue weighted by Crippen LogP contribution is -2.38. The van der Waals surface area contributed by atoms with Crippen LogP contribution in [0.1, 0.15) is 22.8 Å². The van der Waals surface area contributed by atoms with Crippen molar-refractivity contribution in [2.24, 2.45) is 0 Å². The van der Waals surface area contributed by atoms with E-state index in [0.29, 0.717) is 52.8 Å². The van der Waals surface area contributed by atoms with E-state index in [4.69, 9.17) is 4.74 Å². The van der Waals surface area contributed by atoms with Crippen molar-refractivity contribution in [2.45, 2.75) is 13.0 Å². The van der Waals surface area contributed by atoms with Crippen LogP contribution in [-0.2, 0) is 4.74 Å². The van der Waals surface area contributed by atoms with Gasteiger partial charge >= 0.3 is 0 Å². The second kappa shape index (κ2) is 9.23. The molecule has 1 fully saturated rings. The molecule has 0 radical (unpaired) electrons. The minimum Gasteiger partial charge on any atom is -0.387 e. The third kappa shape index (κ3) is 4.01. The molecule has 1 atom stereocenters. The minimum absolute atomic E-state index is 0.231. The number of nitrogens with one attached hydrogen (secondary N) is 1. The fourth-order valence-electron chi connectivity index (χ4n) is 4.38. The Hall–Kier alpha value is -3.77. The summed E-state index contributed by atoms with van der Waals surface area (Å²) >= 11 is 0. The molecule has 1 saturated heterocycles. The number of para-hydroxylation sites is 2. The number of aromatic nitrogens is 2. The Morgan fingerprint density at radius 3 is 2.68 bits per heavy atom. The molecule has 2 N–H and O–H groups in total. The van der Waals surface area contributed by atoms with Crippen LogP contribution in [0.25, 0.3) is 22.9 Å². The standard InChI is InChI=1S/C26H25N5O3/c1-17-20(14-27)25-29-22-4-2-3-5-23(22)31(25)26(33)21(17)15-28-19-8-6-18(7-9-19)24(32)16-30-10-12-34-13-11-30/h2-9,15,24,28,32H,10-13,16H2,1H3/t24-/m0/s1. The average Bonchev–Trinajstić information content (AvgIpc) is 3.24. The molecular weight excluding hydrogens is 430 g/mol. The van der Waals surface area contributed by atoms with Crippen molar-refractivity contribution in [3.05, 3.63) is 80.8 Å². The molecule has 1 aliphatic rings. The Morgan fingerprint density at radius 2 is 1.94 bits per heavy atom. The van der Waals surface area contributed by atoms with Gasteiger partial charge in [-0.25, -0.2) is 4.98 Å². The third-order valence-corrected chi connectivity index (χ3v) is 6.32. The molecule has 5 rings (SSSR count). The predicted molar refractivity (Wildman–Crippen MR) is 130 cm³/mol. The number of morpholine rings is 1. The number of anilines is 1. The molecule has 0 amide bonds. The number of aliphatic hydroxyl groups excluding tert-OH is 1. The second-order valence-electron chi connectivity index (χ2n) is 8.43. The molecule has 0 saturated carbocycles. The minimum atomic E-state index is -0.582. The van der Waals surface area contributed by atoms with Gasteiger partial charge in [-0.1, -0.05) is 24.3 Å². The highest BCUT2D eigenvalue weighted by atomic mass is 16.5. The van der Waals surface area contributed by atoms with E-state index < -0.39 is 6.10 Å². The van der Waals surface area contributed by atoms with E-state index in [-0.39, 0.29) is 5.56 Å². The summed E-state index contributed by atoms with van der Waals surface area (Å²) in [6.07, 6.45) is 1.05. The first kappa shape index (κ1) is 22.0. The quantitative estimate of drug-likeness (QED) is 0.474. The summed E-state index contributed by atoms with van der Waals surface area (Å²) in [7, 11) is 0. The Bertz CT molecular complexity index is 1500. The Labute approximate surface area is 196 Å². The average molecular weight is 456 g/mol. The number of β-amino-alcohol motifs (C(OH)–C–C–N with tert-alkyl or cyclic N) is 1. The fraction of sp³-hybridized carbons (Fsp3) is 0.269. The number of pyridine rings is 1. The molecule has 34 heavy (non-hydrogen) atoms. The summed E-state index contributed by atoms with van der Waals surface area (Å²) in [4.78, 5) is 20.0. The Kier molecular flexibility index (Phi) is 5.99. The lowest BCUT2D eigenvalue weighted by atomic mass is 10.1. The van der Waals surface area contributed by atoms with Gasteiger partial charge in [-0.3, -0.25) is 14.1 Å². The largest absolute Gasteiger partial charge is 0.387 e. The highest BCUT2D eigenvalue weighted by molar-refractivity contribution is 5.82. The molecule has 0 aliphatic carbocycles. The van der Waals surface area contributed by atoms with Gasteiger partial charge in [0.25, 0.3) is 5.56 Å². The first-order valence-corrected chi connectivity index (χ1v) is 11.3. The zero-order valence-electron chi connectivity index (χ0n) is 18.9. The topological polar surface area (TPSA) is 103 Å². The molecule has 4 aromatic rings. The van der Waals surface area contributed by atoms with Gasteiger partial charge in [0.05, 0.1) is 41.1 Å². The van der Waals surface area contributed by atoms with E-state index in [1.165, 1.54) is 4.40 Å². The van der Waals surface area contributed by atoms with E-state index in [0.717, 1.165) is 24.3 Å². The molecular formula is C26H25N5O3. The van der Waals surface area contributed by atoms with Crippen LogP contribution < -0.4 is 16.1 Å². The van der Waals surface area contributed by atoms with Crippen LogP contribution in [0.4, 0.5) is 5.69 Å². The zero-order chi connectivity index (χ0) is 23.7. The van der Waals surface area contributed by atoms with Crippen LogP contribution in [0.15, 0.2) is 53.3 Å². The first-order valence-electron chi connectivity index (χ1n) is 11.3. The first-order chi connectivity index (χ1) is 16.6. The lowest BCUT2D eigenvalue weighted by Gasteiger charge is -2.28. The van der Waals surface area contributed by atoms with Crippen molar-refractivity contribution in [2.75, 3.05) is 38.2 Å². The smallest absolute Gasteiger partial charge is 0.265 e. The maximum Gasteiger partial charge on any atom is 0.265 e. The normalized spacial score (nSPS) is 16.1. The van der Waals surface area contributed by atoms with Gasteiger partial charge in [-0.2, -0.15) is 5.26 Å². The molecule has 8 nitrogen and oxygen atoms in total. The van der Waals surface area contributed by atoms with Crippen molar-refractivity contribution in [1.82, 2.24) is 14.3 Å². The number of nitriles is 1. The summed E-state index contributed by atoms with van der Waals surface area (Å²) in [5.41, 5.74) is 4.06. The molecule has 0 unspecified atom stereocenters. The van der Waals surface area contributed by atoms with Crippen LogP contribution in [0.5, 0.6) is 0 Å². The molecule has 3 heterocycles. The third-order valence-electron chi connectivity index (χ3n) is 6.32. The number of hydrogen-bond donors (Lipinski definition) is 2. The predicted octanol–water partition coefficient (Wildman–Crippen LogP) is 1.96. The molecule has 2 aromatic carbocycles. The van der Waals surface area contributed by atoms with Crippen molar-refractivity contribution < 1.29 is 9.84 Å². The van der Waals surface area contributed by atoms with E-state index >= 15 is 0 Å². The highest BCUT2D eigenvalue weighted by Gasteiger charge is 2.17. The number of benzene rings is 2. The number of imidazole rings is 1. The van der Waals surface area contributed by atoms with Crippen molar-refractivity contribution in [3.63, 3.8) is 0 Å². The Morgan fingerprint density at radius 1 is 1.21 bits per heavy atom. The monoisotopic (exact) mass is 455 g/mol. The number of aliphatic hydroxyl groups is 1. The lowest BCUT2D eigenvalue weighted by molar-refractivity contribution is 0.0143. The Balaban J connectivity index is 1.44. The number of rotatable bonds is 5. The van der Waals surface area contributed by atoms with E-state index in [1.807, 2.05) is 48.5 Å². The number of ether oxygens (including phenoxy) is 1. The number of fused-ring (bicyclic) bond motifs is 3. The van der Waals surface area contributed by atoms with E-state index in [2.05, 4.69) is 21.3 Å². The van der Waals surface area contributed by atoms with Crippen LogP contribution >= 0.6 is 0 Å².